The van der Waals surface area contributed by atoms with Crippen LogP contribution in [0.3, 0.4) is 0 Å². The monoisotopic (exact) mass is 302 g/mol. The Hall–Kier alpha value is -2.18. The summed E-state index contributed by atoms with van der Waals surface area (Å²) in [7, 11) is 0. The molecule has 0 atom stereocenters. The van der Waals surface area contributed by atoms with E-state index in [2.05, 4.69) is 10.1 Å². The molecular formula is C16H18N2O4. The van der Waals surface area contributed by atoms with Gasteiger partial charge in [0, 0.05) is 31.3 Å². The van der Waals surface area contributed by atoms with Gasteiger partial charge in [0.2, 0.25) is 0 Å². The zero-order valence-electron chi connectivity index (χ0n) is 12.2. The molecule has 0 radical (unpaired) electrons. The lowest BCUT2D eigenvalue weighted by Crippen LogP contribution is -2.37. The van der Waals surface area contributed by atoms with Crippen LogP contribution in [0.2, 0.25) is 0 Å². The number of aromatic nitrogens is 1. The molecule has 0 spiro atoms. The quantitative estimate of drug-likeness (QED) is 0.909. The molecule has 1 saturated heterocycles. The van der Waals surface area contributed by atoms with Gasteiger partial charge in [-0.25, -0.2) is 4.79 Å². The molecule has 1 aromatic heterocycles. The number of benzene rings is 1. The number of carbonyl (C=O) groups is 1. The molecule has 0 bridgehead atoms. The van der Waals surface area contributed by atoms with Gasteiger partial charge in [0.15, 0.2) is 11.5 Å². The predicted molar refractivity (Wildman–Crippen MR) is 79.9 cm³/mol. The van der Waals surface area contributed by atoms with Crippen LogP contribution in [0.1, 0.15) is 16.1 Å². The van der Waals surface area contributed by atoms with Gasteiger partial charge in [-0.05, 0) is 12.0 Å². The van der Waals surface area contributed by atoms with Crippen LogP contribution in [0.15, 0.2) is 34.9 Å². The van der Waals surface area contributed by atoms with Crippen LogP contribution in [0, 0.1) is 0 Å². The number of hydrogen-bond acceptors (Lipinski definition) is 5. The van der Waals surface area contributed by atoms with Crippen molar-refractivity contribution in [1.29, 1.82) is 0 Å². The molecule has 6 heteroatoms. The van der Waals surface area contributed by atoms with Gasteiger partial charge < -0.3 is 14.4 Å². The molecule has 0 aliphatic carbocycles. The fourth-order valence-electron chi connectivity index (χ4n) is 2.46. The number of nitrogens with zero attached hydrogens (tertiary/aromatic N) is 2. The summed E-state index contributed by atoms with van der Waals surface area (Å²) in [5, 5.41) is 12.4. The minimum Gasteiger partial charge on any atom is -0.476 e. The number of ether oxygens (including phenoxy) is 1. The zero-order valence-corrected chi connectivity index (χ0v) is 12.2. The third-order valence-electron chi connectivity index (χ3n) is 3.79. The second-order valence-electron chi connectivity index (χ2n) is 5.28. The lowest BCUT2D eigenvalue weighted by atomic mass is 10.1. The van der Waals surface area contributed by atoms with E-state index < -0.39 is 5.97 Å². The van der Waals surface area contributed by atoms with Crippen molar-refractivity contribution in [2.45, 2.75) is 6.42 Å². The highest BCUT2D eigenvalue weighted by Gasteiger charge is 2.12. The molecular weight excluding hydrogens is 284 g/mol. The van der Waals surface area contributed by atoms with E-state index in [-0.39, 0.29) is 5.69 Å². The Bertz CT molecular complexity index is 630. The van der Waals surface area contributed by atoms with E-state index in [1.54, 1.807) is 0 Å². The summed E-state index contributed by atoms with van der Waals surface area (Å²) in [6.07, 6.45) is 0.983. The van der Waals surface area contributed by atoms with E-state index in [1.807, 2.05) is 24.3 Å². The number of carboxylic acid groups (broad SMARTS) is 1. The highest BCUT2D eigenvalue weighted by molar-refractivity contribution is 5.86. The predicted octanol–water partition coefficient (Wildman–Crippen LogP) is 1.91. The molecule has 1 aliphatic rings. The minimum atomic E-state index is -1.09. The summed E-state index contributed by atoms with van der Waals surface area (Å²) in [5.74, 6) is -0.616. The largest absolute Gasteiger partial charge is 0.476 e. The normalized spacial score (nSPS) is 15.8. The van der Waals surface area contributed by atoms with Crippen LogP contribution in [0.4, 0.5) is 0 Å². The van der Waals surface area contributed by atoms with Crippen molar-refractivity contribution >= 4 is 5.97 Å². The standard InChI is InChI=1S/C16H18N2O4/c19-16(20)14-11-15(22-17-14)13-3-1-12(2-4-13)5-6-18-7-9-21-10-8-18/h1-4,11H,5-10H2,(H,19,20). The van der Waals surface area contributed by atoms with Gasteiger partial charge in [-0.15, -0.1) is 0 Å². The molecule has 0 unspecified atom stereocenters. The number of hydrogen-bond donors (Lipinski definition) is 1. The maximum absolute atomic E-state index is 10.8. The second-order valence-corrected chi connectivity index (χ2v) is 5.28. The highest BCUT2D eigenvalue weighted by atomic mass is 16.5. The van der Waals surface area contributed by atoms with Crippen LogP contribution in [0.25, 0.3) is 11.3 Å². The summed E-state index contributed by atoms with van der Waals surface area (Å²) in [6, 6.07) is 9.38. The van der Waals surface area contributed by atoms with Gasteiger partial charge in [0.25, 0.3) is 0 Å². The minimum absolute atomic E-state index is 0.0774. The van der Waals surface area contributed by atoms with Gasteiger partial charge in [-0.2, -0.15) is 0 Å². The first-order chi connectivity index (χ1) is 10.7. The van der Waals surface area contributed by atoms with Crippen molar-refractivity contribution in [3.05, 3.63) is 41.6 Å². The van der Waals surface area contributed by atoms with Gasteiger partial charge in [0.1, 0.15) is 0 Å². The SMILES string of the molecule is O=C(O)c1cc(-c2ccc(CCN3CCOCC3)cc2)on1. The number of carboxylic acids is 1. The Morgan fingerprint density at radius 3 is 2.59 bits per heavy atom. The van der Waals surface area contributed by atoms with E-state index in [0.717, 1.165) is 44.8 Å². The third kappa shape index (κ3) is 3.52. The third-order valence-corrected chi connectivity index (χ3v) is 3.79. The number of morpholine rings is 1. The van der Waals surface area contributed by atoms with Crippen LogP contribution < -0.4 is 0 Å². The Morgan fingerprint density at radius 1 is 1.23 bits per heavy atom. The molecule has 0 amide bonds. The van der Waals surface area contributed by atoms with E-state index in [9.17, 15) is 4.79 Å². The molecule has 22 heavy (non-hydrogen) atoms. The van der Waals surface area contributed by atoms with Crippen molar-refractivity contribution < 1.29 is 19.2 Å². The Labute approximate surface area is 128 Å². The van der Waals surface area contributed by atoms with Crippen molar-refractivity contribution in [1.82, 2.24) is 10.1 Å². The number of aromatic carboxylic acids is 1. The summed E-state index contributed by atoms with van der Waals surface area (Å²) in [5.41, 5.74) is 2.00. The van der Waals surface area contributed by atoms with Gasteiger partial charge >= 0.3 is 5.97 Å². The Balaban J connectivity index is 1.60. The molecule has 0 saturated carbocycles. The Kier molecular flexibility index (Phi) is 4.50. The fourth-order valence-corrected chi connectivity index (χ4v) is 2.46. The summed E-state index contributed by atoms with van der Waals surface area (Å²) in [4.78, 5) is 13.2. The number of rotatable bonds is 5. The molecule has 1 fully saturated rings. The molecule has 1 aromatic carbocycles. The first-order valence-electron chi connectivity index (χ1n) is 7.32. The zero-order chi connectivity index (χ0) is 15.4. The van der Waals surface area contributed by atoms with Gasteiger partial charge in [0.05, 0.1) is 13.2 Å². The molecule has 3 rings (SSSR count). The molecule has 1 aliphatic heterocycles. The average Bonchev–Trinajstić information content (AvgIpc) is 3.05. The van der Waals surface area contributed by atoms with Crippen LogP contribution in [0.5, 0.6) is 0 Å². The highest BCUT2D eigenvalue weighted by Crippen LogP contribution is 2.21. The first kappa shape index (κ1) is 14.7. The van der Waals surface area contributed by atoms with E-state index in [4.69, 9.17) is 14.4 Å². The van der Waals surface area contributed by atoms with Crippen molar-refractivity contribution in [3.63, 3.8) is 0 Å². The maximum atomic E-state index is 10.8. The summed E-state index contributed by atoms with van der Waals surface area (Å²) >= 11 is 0. The molecule has 2 aromatic rings. The van der Waals surface area contributed by atoms with Gasteiger partial charge in [-0.1, -0.05) is 29.4 Å². The topological polar surface area (TPSA) is 75.8 Å². The Morgan fingerprint density at radius 2 is 1.95 bits per heavy atom. The van der Waals surface area contributed by atoms with Crippen molar-refractivity contribution in [2.75, 3.05) is 32.8 Å². The smallest absolute Gasteiger partial charge is 0.358 e. The molecule has 1 N–H and O–H groups in total. The van der Waals surface area contributed by atoms with Crippen LogP contribution in [-0.4, -0.2) is 54.0 Å². The van der Waals surface area contributed by atoms with Crippen molar-refractivity contribution in [3.8, 4) is 11.3 Å². The summed E-state index contributed by atoms with van der Waals surface area (Å²) < 4.78 is 10.4. The fraction of sp³-hybridized carbons (Fsp3) is 0.375. The lowest BCUT2D eigenvalue weighted by Gasteiger charge is -2.26. The average molecular weight is 302 g/mol. The maximum Gasteiger partial charge on any atom is 0.358 e. The van der Waals surface area contributed by atoms with Crippen LogP contribution in [-0.2, 0) is 11.2 Å². The van der Waals surface area contributed by atoms with Gasteiger partial charge in [-0.3, -0.25) is 4.90 Å². The first-order valence-corrected chi connectivity index (χ1v) is 7.32. The summed E-state index contributed by atoms with van der Waals surface area (Å²) in [6.45, 7) is 4.64. The van der Waals surface area contributed by atoms with Crippen LogP contribution >= 0.6 is 0 Å². The second kappa shape index (κ2) is 6.72. The van der Waals surface area contributed by atoms with Crippen molar-refractivity contribution in [2.24, 2.45) is 0 Å². The molecule has 2 heterocycles. The van der Waals surface area contributed by atoms with E-state index in [1.165, 1.54) is 11.6 Å². The van der Waals surface area contributed by atoms with E-state index in [0.29, 0.717) is 5.76 Å². The molecule has 116 valence electrons. The molecule has 6 nitrogen and oxygen atoms in total. The van der Waals surface area contributed by atoms with E-state index >= 15 is 0 Å². The lowest BCUT2D eigenvalue weighted by molar-refractivity contribution is 0.0384.